The molecule has 0 saturated heterocycles. The standard InChI is InChI=1S/C13H19F3N2/c1-2-18-12(6-3-7-13(14,15)16)9-11-5-4-8-17-10-11/h4-5,8,10,12,18H,2-3,6-7,9H2,1H3. The third-order valence-electron chi connectivity index (χ3n) is 2.71. The number of pyridine rings is 1. The summed E-state index contributed by atoms with van der Waals surface area (Å²) in [5.41, 5.74) is 1.05. The average molecular weight is 260 g/mol. The van der Waals surface area contributed by atoms with Crippen LogP contribution in [-0.4, -0.2) is 23.7 Å². The molecule has 0 bridgehead atoms. The van der Waals surface area contributed by atoms with Crippen LogP contribution in [0.1, 0.15) is 31.7 Å². The van der Waals surface area contributed by atoms with Gasteiger partial charge in [0.2, 0.25) is 0 Å². The number of rotatable bonds is 7. The van der Waals surface area contributed by atoms with Gasteiger partial charge in [0.25, 0.3) is 0 Å². The summed E-state index contributed by atoms with van der Waals surface area (Å²) in [4.78, 5) is 4.01. The van der Waals surface area contributed by atoms with Gasteiger partial charge in [-0.3, -0.25) is 4.98 Å². The van der Waals surface area contributed by atoms with Crippen molar-refractivity contribution in [2.24, 2.45) is 0 Å². The molecule has 0 fully saturated rings. The Morgan fingerprint density at radius 2 is 2.17 bits per heavy atom. The number of alkyl halides is 3. The zero-order valence-electron chi connectivity index (χ0n) is 10.5. The summed E-state index contributed by atoms with van der Waals surface area (Å²) in [5.74, 6) is 0. The van der Waals surface area contributed by atoms with Crippen LogP contribution in [0.3, 0.4) is 0 Å². The Labute approximate surface area is 106 Å². The van der Waals surface area contributed by atoms with Crippen molar-refractivity contribution < 1.29 is 13.2 Å². The van der Waals surface area contributed by atoms with Crippen molar-refractivity contribution in [3.05, 3.63) is 30.1 Å². The Bertz CT molecular complexity index is 325. The molecule has 1 unspecified atom stereocenters. The van der Waals surface area contributed by atoms with Gasteiger partial charge in [-0.1, -0.05) is 13.0 Å². The predicted molar refractivity (Wildman–Crippen MR) is 65.3 cm³/mol. The van der Waals surface area contributed by atoms with Gasteiger partial charge in [0.15, 0.2) is 0 Å². The van der Waals surface area contributed by atoms with Crippen LogP contribution in [0, 0.1) is 0 Å². The highest BCUT2D eigenvalue weighted by Gasteiger charge is 2.26. The van der Waals surface area contributed by atoms with Crippen molar-refractivity contribution in [3.63, 3.8) is 0 Å². The molecule has 1 aromatic heterocycles. The van der Waals surface area contributed by atoms with E-state index in [0.717, 1.165) is 18.5 Å². The smallest absolute Gasteiger partial charge is 0.314 e. The summed E-state index contributed by atoms with van der Waals surface area (Å²) >= 11 is 0. The molecule has 102 valence electrons. The molecule has 1 heterocycles. The highest BCUT2D eigenvalue weighted by molar-refractivity contribution is 5.10. The Morgan fingerprint density at radius 1 is 1.39 bits per heavy atom. The molecule has 1 atom stereocenters. The number of hydrogen-bond acceptors (Lipinski definition) is 2. The minimum Gasteiger partial charge on any atom is -0.314 e. The van der Waals surface area contributed by atoms with Crippen LogP contribution in [0.15, 0.2) is 24.5 Å². The minimum atomic E-state index is -4.05. The lowest BCUT2D eigenvalue weighted by Gasteiger charge is -2.18. The molecular formula is C13H19F3N2. The van der Waals surface area contributed by atoms with Crippen LogP contribution in [0.25, 0.3) is 0 Å². The normalized spacial score (nSPS) is 13.6. The van der Waals surface area contributed by atoms with Gasteiger partial charge in [-0.2, -0.15) is 13.2 Å². The quantitative estimate of drug-likeness (QED) is 0.813. The summed E-state index contributed by atoms with van der Waals surface area (Å²) in [6, 6.07) is 3.87. The molecule has 1 rings (SSSR count). The molecule has 0 aromatic carbocycles. The lowest BCUT2D eigenvalue weighted by atomic mass is 10.0. The fourth-order valence-electron chi connectivity index (χ4n) is 1.92. The van der Waals surface area contributed by atoms with Crippen molar-refractivity contribution in [3.8, 4) is 0 Å². The summed E-state index contributed by atoms with van der Waals surface area (Å²) in [6.45, 7) is 2.72. The summed E-state index contributed by atoms with van der Waals surface area (Å²) in [7, 11) is 0. The lowest BCUT2D eigenvalue weighted by molar-refractivity contribution is -0.135. The zero-order chi connectivity index (χ0) is 13.4. The first-order chi connectivity index (χ1) is 8.51. The van der Waals surface area contributed by atoms with E-state index in [4.69, 9.17) is 0 Å². The molecule has 18 heavy (non-hydrogen) atoms. The van der Waals surface area contributed by atoms with Crippen molar-refractivity contribution >= 4 is 0 Å². The Hall–Kier alpha value is -1.10. The number of likely N-dealkylation sites (N-methyl/N-ethyl adjacent to an activating group) is 1. The second-order valence-corrected chi connectivity index (χ2v) is 4.33. The first-order valence-corrected chi connectivity index (χ1v) is 6.20. The molecule has 0 amide bonds. The third kappa shape index (κ3) is 6.59. The van der Waals surface area contributed by atoms with Crippen LogP contribution >= 0.6 is 0 Å². The van der Waals surface area contributed by atoms with E-state index in [1.165, 1.54) is 0 Å². The van der Waals surface area contributed by atoms with Gasteiger partial charge in [-0.25, -0.2) is 0 Å². The van der Waals surface area contributed by atoms with E-state index in [2.05, 4.69) is 10.3 Å². The van der Waals surface area contributed by atoms with Crippen LogP contribution in [-0.2, 0) is 6.42 Å². The highest BCUT2D eigenvalue weighted by Crippen LogP contribution is 2.23. The molecule has 0 radical (unpaired) electrons. The van der Waals surface area contributed by atoms with Gasteiger partial charge >= 0.3 is 6.18 Å². The van der Waals surface area contributed by atoms with Crippen molar-refractivity contribution in [2.45, 2.75) is 44.8 Å². The zero-order valence-corrected chi connectivity index (χ0v) is 10.5. The molecule has 2 nitrogen and oxygen atoms in total. The number of halogens is 3. The maximum Gasteiger partial charge on any atom is 0.389 e. The van der Waals surface area contributed by atoms with Gasteiger partial charge in [0, 0.05) is 24.9 Å². The molecular weight excluding hydrogens is 241 g/mol. The lowest BCUT2D eigenvalue weighted by Crippen LogP contribution is -2.31. The van der Waals surface area contributed by atoms with Crippen LogP contribution in [0.4, 0.5) is 13.2 Å². The van der Waals surface area contributed by atoms with E-state index in [1.807, 2.05) is 19.1 Å². The maximum absolute atomic E-state index is 12.1. The molecule has 0 aliphatic rings. The van der Waals surface area contributed by atoms with E-state index in [9.17, 15) is 13.2 Å². The predicted octanol–water partition coefficient (Wildman–Crippen LogP) is 3.33. The molecule has 0 spiro atoms. The first-order valence-electron chi connectivity index (χ1n) is 6.20. The SMILES string of the molecule is CCNC(CCCC(F)(F)F)Cc1cccnc1. The number of nitrogens with zero attached hydrogens (tertiary/aromatic N) is 1. The number of aromatic nitrogens is 1. The van der Waals surface area contributed by atoms with Gasteiger partial charge in [0.1, 0.15) is 0 Å². The fourth-order valence-corrected chi connectivity index (χ4v) is 1.92. The number of hydrogen-bond donors (Lipinski definition) is 1. The van der Waals surface area contributed by atoms with Gasteiger partial charge < -0.3 is 5.32 Å². The minimum absolute atomic E-state index is 0.0848. The molecule has 5 heteroatoms. The highest BCUT2D eigenvalue weighted by atomic mass is 19.4. The third-order valence-corrected chi connectivity index (χ3v) is 2.71. The van der Waals surface area contributed by atoms with Gasteiger partial charge in [-0.05, 0) is 37.4 Å². The van der Waals surface area contributed by atoms with E-state index in [0.29, 0.717) is 6.42 Å². The van der Waals surface area contributed by atoms with E-state index < -0.39 is 12.6 Å². The van der Waals surface area contributed by atoms with Crippen molar-refractivity contribution in [1.82, 2.24) is 10.3 Å². The Morgan fingerprint density at radius 3 is 2.72 bits per heavy atom. The van der Waals surface area contributed by atoms with Crippen molar-refractivity contribution in [2.75, 3.05) is 6.54 Å². The molecule has 1 aromatic rings. The second-order valence-electron chi connectivity index (χ2n) is 4.33. The monoisotopic (exact) mass is 260 g/mol. The largest absolute Gasteiger partial charge is 0.389 e. The number of nitrogens with one attached hydrogen (secondary N) is 1. The molecule has 0 aliphatic heterocycles. The topological polar surface area (TPSA) is 24.9 Å². The van der Waals surface area contributed by atoms with Crippen LogP contribution < -0.4 is 5.32 Å². The fraction of sp³-hybridized carbons (Fsp3) is 0.615. The van der Waals surface area contributed by atoms with E-state index >= 15 is 0 Å². The summed E-state index contributed by atoms with van der Waals surface area (Å²) < 4.78 is 36.3. The molecule has 0 aliphatic carbocycles. The maximum atomic E-state index is 12.1. The Kier molecular flexibility index (Phi) is 6.12. The van der Waals surface area contributed by atoms with Gasteiger partial charge in [-0.15, -0.1) is 0 Å². The van der Waals surface area contributed by atoms with Crippen LogP contribution in [0.2, 0.25) is 0 Å². The van der Waals surface area contributed by atoms with Crippen LogP contribution in [0.5, 0.6) is 0 Å². The Balaban J connectivity index is 2.40. The summed E-state index contributed by atoms with van der Waals surface area (Å²) in [5, 5.41) is 3.22. The van der Waals surface area contributed by atoms with E-state index in [-0.39, 0.29) is 12.5 Å². The molecule has 0 saturated carbocycles. The first kappa shape index (κ1) is 15.0. The molecule has 1 N–H and O–H groups in total. The average Bonchev–Trinajstić information content (AvgIpc) is 2.29. The second kappa shape index (κ2) is 7.36. The van der Waals surface area contributed by atoms with E-state index in [1.54, 1.807) is 12.4 Å². The van der Waals surface area contributed by atoms with Gasteiger partial charge in [0.05, 0.1) is 0 Å². The summed E-state index contributed by atoms with van der Waals surface area (Å²) in [6.07, 6.45) is 0.111. The van der Waals surface area contributed by atoms with Crippen molar-refractivity contribution in [1.29, 1.82) is 0 Å².